The molecule has 0 bridgehead atoms. The van der Waals surface area contributed by atoms with Gasteiger partial charge in [-0.25, -0.2) is 8.42 Å². The fourth-order valence-electron chi connectivity index (χ4n) is 4.42. The molecule has 35 heavy (non-hydrogen) atoms. The first-order valence-electron chi connectivity index (χ1n) is 11.6. The van der Waals surface area contributed by atoms with Gasteiger partial charge in [-0.3, -0.25) is 4.79 Å². The van der Waals surface area contributed by atoms with Gasteiger partial charge in [0.1, 0.15) is 16.7 Å². The zero-order valence-corrected chi connectivity index (χ0v) is 20.9. The first kappa shape index (κ1) is 24.9. The summed E-state index contributed by atoms with van der Waals surface area (Å²) in [6.45, 7) is 4.17. The molecule has 0 fully saturated rings. The van der Waals surface area contributed by atoms with E-state index in [0.29, 0.717) is 18.6 Å². The highest BCUT2D eigenvalue weighted by Gasteiger charge is 2.33. The van der Waals surface area contributed by atoms with E-state index >= 15 is 0 Å². The molecule has 1 N–H and O–H groups in total. The van der Waals surface area contributed by atoms with E-state index < -0.39 is 16.0 Å². The van der Waals surface area contributed by atoms with Gasteiger partial charge in [0, 0.05) is 13.6 Å². The summed E-state index contributed by atoms with van der Waals surface area (Å²) >= 11 is 0. The molecule has 0 saturated heterocycles. The monoisotopic (exact) mass is 498 g/mol. The SMILES string of the molecule is Cc1ccc(C(CCc2cnn(C)n2)CC(=O)O)cc1CN1CC(C)Oc2ccccc2S1(=O)=O. The Morgan fingerprint density at radius 2 is 2.03 bits per heavy atom. The number of sulfonamides is 1. The Morgan fingerprint density at radius 3 is 2.74 bits per heavy atom. The maximum atomic E-state index is 13.5. The van der Waals surface area contributed by atoms with Crippen molar-refractivity contribution in [2.75, 3.05) is 6.54 Å². The van der Waals surface area contributed by atoms with E-state index in [-0.39, 0.29) is 36.4 Å². The van der Waals surface area contributed by atoms with Gasteiger partial charge < -0.3 is 9.84 Å². The lowest BCUT2D eigenvalue weighted by atomic mass is 9.88. The van der Waals surface area contributed by atoms with Crippen LogP contribution >= 0.6 is 0 Å². The number of hydrogen-bond donors (Lipinski definition) is 1. The number of aliphatic carboxylic acids is 1. The van der Waals surface area contributed by atoms with E-state index in [1.807, 2.05) is 32.0 Å². The maximum absolute atomic E-state index is 13.5. The topological polar surface area (TPSA) is 115 Å². The molecule has 0 aliphatic carbocycles. The highest BCUT2D eigenvalue weighted by Crippen LogP contribution is 2.33. The molecule has 0 amide bonds. The number of aromatic nitrogens is 3. The van der Waals surface area contributed by atoms with Crippen LogP contribution in [-0.2, 0) is 34.8 Å². The molecular weight excluding hydrogens is 468 g/mol. The lowest BCUT2D eigenvalue weighted by molar-refractivity contribution is -0.137. The van der Waals surface area contributed by atoms with Crippen LogP contribution < -0.4 is 4.74 Å². The quantitative estimate of drug-likeness (QED) is 0.507. The van der Waals surface area contributed by atoms with Crippen LogP contribution in [0.15, 0.2) is 53.6 Å². The Bertz CT molecular complexity index is 1320. The molecule has 10 heteroatoms. The minimum absolute atomic E-state index is 0.0248. The second kappa shape index (κ2) is 10.2. The molecule has 2 unspecified atom stereocenters. The van der Waals surface area contributed by atoms with Crippen molar-refractivity contribution in [3.8, 4) is 5.75 Å². The summed E-state index contributed by atoms with van der Waals surface area (Å²) in [6, 6.07) is 12.5. The van der Waals surface area contributed by atoms with Gasteiger partial charge in [0.15, 0.2) is 0 Å². The van der Waals surface area contributed by atoms with Gasteiger partial charge in [-0.15, -0.1) is 0 Å². The molecule has 186 valence electrons. The van der Waals surface area contributed by atoms with Crippen molar-refractivity contribution in [2.24, 2.45) is 7.05 Å². The smallest absolute Gasteiger partial charge is 0.303 e. The Labute approximate surface area is 205 Å². The summed E-state index contributed by atoms with van der Waals surface area (Å²) in [6.07, 6.45) is 2.53. The summed E-state index contributed by atoms with van der Waals surface area (Å²) < 4.78 is 34.2. The third kappa shape index (κ3) is 5.71. The zero-order chi connectivity index (χ0) is 25.2. The van der Waals surface area contributed by atoms with Crippen LogP contribution in [0.5, 0.6) is 5.75 Å². The average Bonchev–Trinajstić information content (AvgIpc) is 3.18. The molecule has 1 aliphatic heterocycles. The normalized spacial score (nSPS) is 18.3. The van der Waals surface area contributed by atoms with Crippen LogP contribution in [0, 0.1) is 6.92 Å². The van der Waals surface area contributed by atoms with Crippen molar-refractivity contribution in [3.63, 3.8) is 0 Å². The Balaban J connectivity index is 1.62. The number of carboxylic acid groups (broad SMARTS) is 1. The molecule has 2 aromatic carbocycles. The van der Waals surface area contributed by atoms with Crippen LogP contribution in [0.2, 0.25) is 0 Å². The largest absolute Gasteiger partial charge is 0.488 e. The molecule has 2 heterocycles. The number of carbonyl (C=O) groups is 1. The minimum atomic E-state index is -3.77. The van der Waals surface area contributed by atoms with E-state index in [1.165, 1.54) is 9.10 Å². The molecule has 2 atom stereocenters. The van der Waals surface area contributed by atoms with Crippen LogP contribution in [0.3, 0.4) is 0 Å². The van der Waals surface area contributed by atoms with E-state index in [2.05, 4.69) is 10.2 Å². The molecule has 0 spiro atoms. The van der Waals surface area contributed by atoms with Gasteiger partial charge in [0.05, 0.1) is 24.9 Å². The van der Waals surface area contributed by atoms with Gasteiger partial charge in [-0.05, 0) is 61.4 Å². The van der Waals surface area contributed by atoms with Gasteiger partial charge in [0.2, 0.25) is 10.0 Å². The number of ether oxygens (including phenoxy) is 1. The molecule has 9 nitrogen and oxygen atoms in total. The first-order valence-corrected chi connectivity index (χ1v) is 13.0. The summed E-state index contributed by atoms with van der Waals surface area (Å²) in [5.41, 5.74) is 3.46. The number of para-hydroxylation sites is 1. The molecule has 1 aromatic heterocycles. The Kier molecular flexibility index (Phi) is 7.23. The van der Waals surface area contributed by atoms with Crippen molar-refractivity contribution in [2.45, 2.75) is 56.6 Å². The average molecular weight is 499 g/mol. The first-order chi connectivity index (χ1) is 16.6. The van der Waals surface area contributed by atoms with Crippen molar-refractivity contribution in [1.82, 2.24) is 19.3 Å². The number of carboxylic acids is 1. The number of rotatable bonds is 8. The molecule has 0 saturated carbocycles. The van der Waals surface area contributed by atoms with Crippen molar-refractivity contribution in [3.05, 3.63) is 71.0 Å². The fourth-order valence-corrected chi connectivity index (χ4v) is 6.03. The van der Waals surface area contributed by atoms with Crippen LogP contribution in [0.4, 0.5) is 0 Å². The minimum Gasteiger partial charge on any atom is -0.488 e. The van der Waals surface area contributed by atoms with Crippen molar-refractivity contribution >= 4 is 16.0 Å². The molecule has 3 aromatic rings. The van der Waals surface area contributed by atoms with Gasteiger partial charge in [-0.2, -0.15) is 19.3 Å². The lowest BCUT2D eigenvalue weighted by Gasteiger charge is -2.23. The maximum Gasteiger partial charge on any atom is 0.303 e. The predicted molar refractivity (Wildman–Crippen MR) is 130 cm³/mol. The van der Waals surface area contributed by atoms with E-state index in [9.17, 15) is 18.3 Å². The number of aryl methyl sites for hydroxylation is 3. The molecule has 1 aliphatic rings. The van der Waals surface area contributed by atoms with Crippen LogP contribution in [0.25, 0.3) is 0 Å². The predicted octanol–water partition coefficient (Wildman–Crippen LogP) is 3.29. The molecule has 4 rings (SSSR count). The van der Waals surface area contributed by atoms with Gasteiger partial charge in [0.25, 0.3) is 0 Å². The van der Waals surface area contributed by atoms with Crippen molar-refractivity contribution < 1.29 is 23.1 Å². The lowest BCUT2D eigenvalue weighted by Crippen LogP contribution is -2.35. The highest BCUT2D eigenvalue weighted by atomic mass is 32.2. The third-order valence-electron chi connectivity index (χ3n) is 6.26. The second-order valence-corrected chi connectivity index (χ2v) is 10.9. The summed E-state index contributed by atoms with van der Waals surface area (Å²) in [5, 5.41) is 17.9. The second-order valence-electron chi connectivity index (χ2n) is 9.02. The summed E-state index contributed by atoms with van der Waals surface area (Å²) in [5.74, 6) is -0.759. The van der Waals surface area contributed by atoms with Crippen LogP contribution in [-0.4, -0.2) is 51.4 Å². The highest BCUT2D eigenvalue weighted by molar-refractivity contribution is 7.89. The van der Waals surface area contributed by atoms with E-state index in [0.717, 1.165) is 22.4 Å². The summed E-state index contributed by atoms with van der Waals surface area (Å²) in [4.78, 5) is 13.3. The third-order valence-corrected chi connectivity index (χ3v) is 8.12. The van der Waals surface area contributed by atoms with Gasteiger partial charge >= 0.3 is 5.97 Å². The number of benzene rings is 2. The van der Waals surface area contributed by atoms with E-state index in [4.69, 9.17) is 4.74 Å². The zero-order valence-electron chi connectivity index (χ0n) is 20.1. The fraction of sp³-hybridized carbons (Fsp3) is 0.400. The molecule has 0 radical (unpaired) electrons. The van der Waals surface area contributed by atoms with Gasteiger partial charge in [-0.1, -0.05) is 30.3 Å². The van der Waals surface area contributed by atoms with Crippen molar-refractivity contribution in [1.29, 1.82) is 0 Å². The Hall–Kier alpha value is -3.24. The Morgan fingerprint density at radius 1 is 1.26 bits per heavy atom. The number of fused-ring (bicyclic) bond motifs is 1. The molecular formula is C25H30N4O5S. The number of nitrogens with zero attached hydrogens (tertiary/aromatic N) is 4. The summed E-state index contributed by atoms with van der Waals surface area (Å²) in [7, 11) is -2.02. The van der Waals surface area contributed by atoms with Crippen LogP contribution in [0.1, 0.15) is 48.1 Å². The number of hydrogen-bond acceptors (Lipinski definition) is 6. The standard InChI is InChI=1S/C25H30N4O5S/c1-17-8-9-19(20(13-25(30)31)10-11-22-14-26-28(3)27-22)12-21(17)16-29-15-18(2)34-23-6-4-5-7-24(23)35(29,32)33/h4-9,12,14,18,20H,10-11,13,15-16H2,1-3H3,(H,30,31). The van der Waals surface area contributed by atoms with E-state index in [1.54, 1.807) is 37.5 Å².